The molecular weight excluding hydrogens is 689 g/mol. The van der Waals surface area contributed by atoms with E-state index in [-0.39, 0.29) is 40.0 Å². The third-order valence-electron chi connectivity index (χ3n) is 8.89. The van der Waals surface area contributed by atoms with Crippen molar-refractivity contribution >= 4 is 40.2 Å². The highest BCUT2D eigenvalue weighted by atomic mass is 32.1. The molecule has 2 aliphatic rings. The number of nitrogens with zero attached hydrogens (tertiary/aromatic N) is 6. The van der Waals surface area contributed by atoms with Gasteiger partial charge in [-0.1, -0.05) is 0 Å². The van der Waals surface area contributed by atoms with Gasteiger partial charge in [0.2, 0.25) is 5.43 Å². The molecule has 1 atom stereocenters. The number of hydrogen-bond acceptors (Lipinski definition) is 11. The summed E-state index contributed by atoms with van der Waals surface area (Å²) in [6.07, 6.45) is 1.49. The van der Waals surface area contributed by atoms with Gasteiger partial charge in [0.25, 0.3) is 0 Å². The Labute approximate surface area is 295 Å². The summed E-state index contributed by atoms with van der Waals surface area (Å²) < 4.78 is 53.3. The average Bonchev–Trinajstić information content (AvgIpc) is 3.63. The predicted molar refractivity (Wildman–Crippen MR) is 186 cm³/mol. The molecule has 51 heavy (non-hydrogen) atoms. The lowest BCUT2D eigenvalue weighted by Gasteiger charge is -2.36. The lowest BCUT2D eigenvalue weighted by atomic mass is 10.0. The Balaban J connectivity index is 1.41. The number of halogens is 3. The standard InChI is InChI=1S/C34H39F3N8O5S/c1-3-38-33(48)42-28-15-23(31-41-27(20-51-31)34(35,36)37)25(17-39-28)21-14-24-29(46)26(32(47)50-4-2)19-45(30(24)40-16-21)22-6-5-7-44(18-22)9-8-43-10-12-49-13-11-43/h14-17,19-20,22H,3-13,18H2,1-2H3,(H2,38,39,42,48). The number of carbonyl (C=O) groups is 2. The van der Waals surface area contributed by atoms with Crippen molar-refractivity contribution in [1.82, 2.24) is 34.6 Å². The first-order chi connectivity index (χ1) is 24.5. The number of ether oxygens (including phenoxy) is 2. The van der Waals surface area contributed by atoms with Crippen LogP contribution in [0, 0.1) is 0 Å². The van der Waals surface area contributed by atoms with Crippen molar-refractivity contribution < 1.29 is 32.2 Å². The van der Waals surface area contributed by atoms with Crippen molar-refractivity contribution in [1.29, 1.82) is 0 Å². The Morgan fingerprint density at radius 1 is 1.06 bits per heavy atom. The number of rotatable bonds is 10. The summed E-state index contributed by atoms with van der Waals surface area (Å²) in [5.41, 5.74) is -0.478. The fourth-order valence-electron chi connectivity index (χ4n) is 6.36. The summed E-state index contributed by atoms with van der Waals surface area (Å²) in [5.74, 6) is -0.672. The molecule has 0 spiro atoms. The molecule has 0 bridgehead atoms. The first-order valence-electron chi connectivity index (χ1n) is 16.9. The Bertz CT molecular complexity index is 1950. The first-order valence-corrected chi connectivity index (χ1v) is 17.8. The van der Waals surface area contributed by atoms with E-state index in [2.05, 4.69) is 30.4 Å². The van der Waals surface area contributed by atoms with Crippen LogP contribution in [0.2, 0.25) is 0 Å². The lowest BCUT2D eigenvalue weighted by molar-refractivity contribution is -0.140. The minimum Gasteiger partial charge on any atom is -0.462 e. The molecule has 1 unspecified atom stereocenters. The van der Waals surface area contributed by atoms with Crippen LogP contribution in [0.5, 0.6) is 0 Å². The van der Waals surface area contributed by atoms with Crippen LogP contribution in [0.4, 0.5) is 23.8 Å². The molecule has 2 N–H and O–H groups in total. The number of esters is 1. The normalized spacial score (nSPS) is 17.4. The van der Waals surface area contributed by atoms with Gasteiger partial charge in [-0.15, -0.1) is 11.3 Å². The quantitative estimate of drug-likeness (QED) is 0.217. The summed E-state index contributed by atoms with van der Waals surface area (Å²) >= 11 is 0.781. The molecule has 17 heteroatoms. The molecule has 4 aromatic rings. The van der Waals surface area contributed by atoms with Gasteiger partial charge in [-0.3, -0.25) is 15.0 Å². The Kier molecular flexibility index (Phi) is 11.3. The number of aromatic nitrogens is 4. The SMILES string of the molecule is CCNC(=O)Nc1cc(-c2nc(C(F)(F)F)cs2)c(-c2cnc3c(c2)c(=O)c(C(=O)OCC)cn3C2CCCN(CCN3CCOCC3)C2)cn1. The number of pyridine rings is 3. The summed E-state index contributed by atoms with van der Waals surface area (Å²) in [7, 11) is 0. The van der Waals surface area contributed by atoms with E-state index < -0.39 is 29.3 Å². The van der Waals surface area contributed by atoms with E-state index in [1.165, 1.54) is 24.7 Å². The number of morpholine rings is 1. The van der Waals surface area contributed by atoms with E-state index in [4.69, 9.17) is 14.5 Å². The molecule has 2 amide bonds. The van der Waals surface area contributed by atoms with Crippen molar-refractivity contribution in [3.63, 3.8) is 0 Å². The van der Waals surface area contributed by atoms with Gasteiger partial charge < -0.3 is 24.3 Å². The van der Waals surface area contributed by atoms with Gasteiger partial charge >= 0.3 is 18.2 Å². The summed E-state index contributed by atoms with van der Waals surface area (Å²) in [5, 5.41) is 6.24. The fourth-order valence-corrected chi connectivity index (χ4v) is 7.22. The fraction of sp³-hybridized carbons (Fsp3) is 0.471. The first kappa shape index (κ1) is 36.3. The number of amides is 2. The molecule has 6 rings (SSSR count). The third kappa shape index (κ3) is 8.38. The molecule has 13 nitrogen and oxygen atoms in total. The van der Waals surface area contributed by atoms with E-state index in [0.29, 0.717) is 29.9 Å². The Morgan fingerprint density at radius 3 is 2.57 bits per heavy atom. The van der Waals surface area contributed by atoms with E-state index in [0.717, 1.165) is 75.5 Å². The van der Waals surface area contributed by atoms with Gasteiger partial charge in [0, 0.05) is 86.0 Å². The minimum absolute atomic E-state index is 0.0239. The molecule has 2 aliphatic heterocycles. The van der Waals surface area contributed by atoms with Crippen molar-refractivity contribution in [3.05, 3.63) is 57.6 Å². The smallest absolute Gasteiger partial charge is 0.434 e. The predicted octanol–water partition coefficient (Wildman–Crippen LogP) is 4.89. The second-order valence-electron chi connectivity index (χ2n) is 12.3. The number of urea groups is 1. The van der Waals surface area contributed by atoms with Gasteiger partial charge in [0.1, 0.15) is 22.0 Å². The van der Waals surface area contributed by atoms with Gasteiger partial charge in [0.05, 0.1) is 25.2 Å². The third-order valence-corrected chi connectivity index (χ3v) is 9.77. The van der Waals surface area contributed by atoms with Crippen molar-refractivity contribution in [2.45, 2.75) is 38.9 Å². The Hall–Kier alpha value is -4.45. The van der Waals surface area contributed by atoms with Gasteiger partial charge in [-0.05, 0) is 45.4 Å². The molecule has 2 fully saturated rings. The lowest BCUT2D eigenvalue weighted by Crippen LogP contribution is -2.44. The molecular formula is C34H39F3N8O5S. The highest BCUT2D eigenvalue weighted by molar-refractivity contribution is 7.13. The molecule has 272 valence electrons. The number of thiazole rings is 1. The number of piperidine rings is 1. The van der Waals surface area contributed by atoms with Gasteiger partial charge in [0.15, 0.2) is 5.69 Å². The van der Waals surface area contributed by atoms with Crippen LogP contribution in [0.25, 0.3) is 32.7 Å². The Morgan fingerprint density at radius 2 is 1.84 bits per heavy atom. The van der Waals surface area contributed by atoms with Crippen LogP contribution in [-0.2, 0) is 15.7 Å². The molecule has 0 aromatic carbocycles. The number of nitrogens with one attached hydrogen (secondary N) is 2. The topological polar surface area (TPSA) is 144 Å². The van der Waals surface area contributed by atoms with Crippen LogP contribution in [-0.4, -0.2) is 107 Å². The van der Waals surface area contributed by atoms with Gasteiger partial charge in [-0.2, -0.15) is 13.2 Å². The highest BCUT2D eigenvalue weighted by Crippen LogP contribution is 2.39. The number of alkyl halides is 3. The van der Waals surface area contributed by atoms with Gasteiger partial charge in [-0.25, -0.2) is 24.5 Å². The summed E-state index contributed by atoms with van der Waals surface area (Å²) in [4.78, 5) is 56.9. The minimum atomic E-state index is -4.67. The number of anilines is 1. The van der Waals surface area contributed by atoms with Crippen LogP contribution in [0.1, 0.15) is 48.8 Å². The van der Waals surface area contributed by atoms with Crippen LogP contribution < -0.4 is 16.1 Å². The van der Waals surface area contributed by atoms with Crippen molar-refractivity contribution in [3.8, 4) is 21.7 Å². The summed E-state index contributed by atoms with van der Waals surface area (Å²) in [6, 6.07) is 2.36. The highest BCUT2D eigenvalue weighted by Gasteiger charge is 2.34. The maximum atomic E-state index is 13.9. The van der Waals surface area contributed by atoms with Crippen LogP contribution in [0.3, 0.4) is 0 Å². The molecule has 6 heterocycles. The van der Waals surface area contributed by atoms with E-state index in [1.54, 1.807) is 19.9 Å². The molecule has 0 radical (unpaired) electrons. The van der Waals surface area contributed by atoms with Crippen molar-refractivity contribution in [2.75, 3.05) is 71.0 Å². The molecule has 2 saturated heterocycles. The zero-order valence-corrected chi connectivity index (χ0v) is 29.1. The number of fused-ring (bicyclic) bond motifs is 1. The average molecular weight is 729 g/mol. The molecule has 0 aliphatic carbocycles. The van der Waals surface area contributed by atoms with E-state index >= 15 is 0 Å². The van der Waals surface area contributed by atoms with Crippen LogP contribution in [0.15, 0.2) is 40.9 Å². The monoisotopic (exact) mass is 728 g/mol. The second kappa shape index (κ2) is 15.8. The van der Waals surface area contributed by atoms with Crippen LogP contribution >= 0.6 is 11.3 Å². The van der Waals surface area contributed by atoms with Crippen molar-refractivity contribution in [2.24, 2.45) is 0 Å². The van der Waals surface area contributed by atoms with E-state index in [9.17, 15) is 27.6 Å². The number of carbonyl (C=O) groups excluding carboxylic acids is 2. The van der Waals surface area contributed by atoms with E-state index in [1.807, 2.05) is 4.57 Å². The maximum absolute atomic E-state index is 13.9. The molecule has 0 saturated carbocycles. The summed E-state index contributed by atoms with van der Waals surface area (Å²) in [6.45, 7) is 10.5. The number of hydrogen-bond donors (Lipinski definition) is 2. The maximum Gasteiger partial charge on any atom is 0.434 e. The second-order valence-corrected chi connectivity index (χ2v) is 13.1. The largest absolute Gasteiger partial charge is 0.462 e. The zero-order chi connectivity index (χ0) is 36.1. The zero-order valence-electron chi connectivity index (χ0n) is 28.3. The molecule has 4 aromatic heterocycles. The number of likely N-dealkylation sites (tertiary alicyclic amines) is 1.